The molecule has 2 aliphatic rings. The van der Waals surface area contributed by atoms with E-state index < -0.39 is 0 Å². The molecule has 2 atom stereocenters. The largest absolute Gasteiger partial charge is 0.354 e. The zero-order chi connectivity index (χ0) is 16.8. The van der Waals surface area contributed by atoms with Crippen LogP contribution in [-0.4, -0.2) is 43.0 Å². The Balaban J connectivity index is 1.45. The van der Waals surface area contributed by atoms with Crippen LogP contribution >= 0.6 is 0 Å². The quantitative estimate of drug-likeness (QED) is 0.863. The summed E-state index contributed by atoms with van der Waals surface area (Å²) in [5.74, 6) is 0.694. The molecule has 2 N–H and O–H groups in total. The number of nitrogens with zero attached hydrogens (tertiary/aromatic N) is 2. The minimum Gasteiger partial charge on any atom is -0.354 e. The number of carbonyl (C=O) groups excluding carboxylic acids is 1. The van der Waals surface area contributed by atoms with Crippen molar-refractivity contribution in [1.82, 2.24) is 15.5 Å². The van der Waals surface area contributed by atoms with Crippen LogP contribution in [0.15, 0.2) is 24.3 Å². The molecule has 0 saturated carbocycles. The second kappa shape index (κ2) is 8.27. The number of nitriles is 1. The molecule has 5 nitrogen and oxygen atoms in total. The second-order valence-electron chi connectivity index (χ2n) is 6.95. The number of hydrogen-bond acceptors (Lipinski definition) is 4. The molecule has 2 unspecified atom stereocenters. The van der Waals surface area contributed by atoms with E-state index >= 15 is 0 Å². The lowest BCUT2D eigenvalue weighted by Crippen LogP contribution is -2.45. The molecular formula is C19H26N4O. The summed E-state index contributed by atoms with van der Waals surface area (Å²) < 4.78 is 0. The molecule has 0 bridgehead atoms. The Morgan fingerprint density at radius 3 is 2.83 bits per heavy atom. The summed E-state index contributed by atoms with van der Waals surface area (Å²) in [6.45, 7) is 4.79. The van der Waals surface area contributed by atoms with Crippen LogP contribution in [0.5, 0.6) is 0 Å². The van der Waals surface area contributed by atoms with Crippen molar-refractivity contribution in [3.63, 3.8) is 0 Å². The Morgan fingerprint density at radius 2 is 2.12 bits per heavy atom. The first-order valence-corrected chi connectivity index (χ1v) is 8.97. The summed E-state index contributed by atoms with van der Waals surface area (Å²) in [5.41, 5.74) is 1.95. The molecule has 0 radical (unpaired) electrons. The van der Waals surface area contributed by atoms with Gasteiger partial charge in [0.05, 0.1) is 17.7 Å². The monoisotopic (exact) mass is 326 g/mol. The number of likely N-dealkylation sites (tertiary alicyclic amines) is 1. The van der Waals surface area contributed by atoms with Gasteiger partial charge in [-0.1, -0.05) is 12.1 Å². The highest BCUT2D eigenvalue weighted by molar-refractivity contribution is 5.81. The maximum absolute atomic E-state index is 12.1. The van der Waals surface area contributed by atoms with Crippen molar-refractivity contribution >= 4 is 5.91 Å². The van der Waals surface area contributed by atoms with Crippen molar-refractivity contribution in [3.05, 3.63) is 35.4 Å². The molecule has 3 rings (SSSR count). The number of nitrogens with one attached hydrogen (secondary N) is 2. The van der Waals surface area contributed by atoms with Crippen LogP contribution in [0.3, 0.4) is 0 Å². The summed E-state index contributed by atoms with van der Waals surface area (Å²) >= 11 is 0. The second-order valence-corrected chi connectivity index (χ2v) is 6.95. The summed E-state index contributed by atoms with van der Waals surface area (Å²) in [6.07, 6.45) is 4.42. The molecule has 2 aliphatic heterocycles. The van der Waals surface area contributed by atoms with Crippen molar-refractivity contribution in [1.29, 1.82) is 5.26 Å². The van der Waals surface area contributed by atoms with Gasteiger partial charge in [-0.05, 0) is 62.4 Å². The molecule has 5 heteroatoms. The molecule has 1 aromatic rings. The van der Waals surface area contributed by atoms with Crippen LogP contribution in [0.1, 0.15) is 36.8 Å². The first kappa shape index (κ1) is 16.9. The zero-order valence-electron chi connectivity index (χ0n) is 14.1. The minimum absolute atomic E-state index is 0.0170. The first-order chi connectivity index (χ1) is 11.7. The predicted molar refractivity (Wildman–Crippen MR) is 93.2 cm³/mol. The lowest BCUT2D eigenvalue weighted by molar-refractivity contribution is -0.123. The van der Waals surface area contributed by atoms with Crippen LogP contribution in [0, 0.1) is 17.2 Å². The first-order valence-electron chi connectivity index (χ1n) is 8.97. The predicted octanol–water partition coefficient (Wildman–Crippen LogP) is 1.64. The molecule has 0 aliphatic carbocycles. The summed E-state index contributed by atoms with van der Waals surface area (Å²) in [4.78, 5) is 14.6. The lowest BCUT2D eigenvalue weighted by atomic mass is 9.97. The standard InChI is InChI=1S/C19H26N4O/c20-11-15-5-7-16(8-6-15)13-23-10-2-3-17(14-23)12-22-19(24)18-4-1-9-21-18/h5-8,17-18,21H,1-4,9-10,12-14H2,(H,22,24). The van der Waals surface area contributed by atoms with Crippen molar-refractivity contribution in [2.45, 2.75) is 38.3 Å². The third kappa shape index (κ3) is 4.56. The molecule has 2 saturated heterocycles. The van der Waals surface area contributed by atoms with Crippen LogP contribution in [0.25, 0.3) is 0 Å². The van der Waals surface area contributed by atoms with E-state index in [1.54, 1.807) is 0 Å². The molecule has 0 aromatic heterocycles. The third-order valence-electron chi connectivity index (χ3n) is 5.03. The maximum atomic E-state index is 12.1. The van der Waals surface area contributed by atoms with Crippen LogP contribution < -0.4 is 10.6 Å². The van der Waals surface area contributed by atoms with Crippen molar-refractivity contribution < 1.29 is 4.79 Å². The highest BCUT2D eigenvalue weighted by Crippen LogP contribution is 2.18. The normalized spacial score (nSPS) is 24.5. The van der Waals surface area contributed by atoms with Crippen LogP contribution in [0.2, 0.25) is 0 Å². The zero-order valence-corrected chi connectivity index (χ0v) is 14.1. The van der Waals surface area contributed by atoms with Gasteiger partial charge in [0, 0.05) is 19.6 Å². The summed E-state index contributed by atoms with van der Waals surface area (Å²) in [6, 6.07) is 10.0. The fraction of sp³-hybridized carbons (Fsp3) is 0.579. The SMILES string of the molecule is N#Cc1ccc(CN2CCCC(CNC(=O)C3CCCN3)C2)cc1. The fourth-order valence-electron chi connectivity index (χ4n) is 3.68. The van der Waals surface area contributed by atoms with E-state index in [0.29, 0.717) is 11.5 Å². The van der Waals surface area contributed by atoms with E-state index in [0.717, 1.165) is 45.6 Å². The summed E-state index contributed by atoms with van der Waals surface area (Å²) in [5, 5.41) is 15.2. The Bertz CT molecular complexity index is 586. The Hall–Kier alpha value is -1.90. The van der Waals surface area contributed by atoms with E-state index in [9.17, 15) is 4.79 Å². The molecule has 2 fully saturated rings. The Kier molecular flexibility index (Phi) is 5.84. The number of hydrogen-bond donors (Lipinski definition) is 2. The van der Waals surface area contributed by atoms with Gasteiger partial charge in [-0.15, -0.1) is 0 Å². The molecule has 128 valence electrons. The number of benzene rings is 1. The number of piperidine rings is 1. The van der Waals surface area contributed by atoms with Gasteiger partial charge < -0.3 is 10.6 Å². The smallest absolute Gasteiger partial charge is 0.237 e. The van der Waals surface area contributed by atoms with Gasteiger partial charge in [0.2, 0.25) is 5.91 Å². The van der Waals surface area contributed by atoms with E-state index in [-0.39, 0.29) is 11.9 Å². The van der Waals surface area contributed by atoms with Gasteiger partial charge in [-0.3, -0.25) is 9.69 Å². The fourth-order valence-corrected chi connectivity index (χ4v) is 3.68. The van der Waals surface area contributed by atoms with E-state index in [2.05, 4.69) is 21.6 Å². The highest BCUT2D eigenvalue weighted by atomic mass is 16.2. The number of rotatable bonds is 5. The van der Waals surface area contributed by atoms with Gasteiger partial charge in [-0.25, -0.2) is 0 Å². The van der Waals surface area contributed by atoms with E-state index in [4.69, 9.17) is 5.26 Å². The molecule has 1 amide bonds. The Labute approximate surface area is 144 Å². The number of carbonyl (C=O) groups is 1. The number of amides is 1. The van der Waals surface area contributed by atoms with Gasteiger partial charge in [0.1, 0.15) is 0 Å². The van der Waals surface area contributed by atoms with Crippen LogP contribution in [0.4, 0.5) is 0 Å². The van der Waals surface area contributed by atoms with Gasteiger partial charge in [0.25, 0.3) is 0 Å². The molecule has 24 heavy (non-hydrogen) atoms. The maximum Gasteiger partial charge on any atom is 0.237 e. The summed E-state index contributed by atoms with van der Waals surface area (Å²) in [7, 11) is 0. The van der Waals surface area contributed by atoms with Crippen LogP contribution in [-0.2, 0) is 11.3 Å². The minimum atomic E-state index is 0.0170. The molecule has 2 heterocycles. The molecular weight excluding hydrogens is 300 g/mol. The topological polar surface area (TPSA) is 68.2 Å². The lowest BCUT2D eigenvalue weighted by Gasteiger charge is -2.33. The van der Waals surface area contributed by atoms with E-state index in [1.165, 1.54) is 18.4 Å². The van der Waals surface area contributed by atoms with Gasteiger partial charge in [-0.2, -0.15) is 5.26 Å². The molecule has 0 spiro atoms. The highest BCUT2D eigenvalue weighted by Gasteiger charge is 2.24. The Morgan fingerprint density at radius 1 is 1.29 bits per heavy atom. The van der Waals surface area contributed by atoms with Crippen molar-refractivity contribution in [3.8, 4) is 6.07 Å². The van der Waals surface area contributed by atoms with Gasteiger partial charge in [0.15, 0.2) is 0 Å². The van der Waals surface area contributed by atoms with Crippen molar-refractivity contribution in [2.75, 3.05) is 26.2 Å². The van der Waals surface area contributed by atoms with Gasteiger partial charge >= 0.3 is 0 Å². The average Bonchev–Trinajstić information content (AvgIpc) is 3.15. The van der Waals surface area contributed by atoms with Crippen molar-refractivity contribution in [2.24, 2.45) is 5.92 Å². The average molecular weight is 326 g/mol. The molecule has 1 aromatic carbocycles. The third-order valence-corrected chi connectivity index (χ3v) is 5.03. The van der Waals surface area contributed by atoms with E-state index in [1.807, 2.05) is 24.3 Å².